The Morgan fingerprint density at radius 2 is 2.08 bits per heavy atom. The van der Waals surface area contributed by atoms with Gasteiger partial charge in [-0.05, 0) is 12.0 Å². The van der Waals surface area contributed by atoms with Gasteiger partial charge >= 0.3 is 0 Å². The fourth-order valence-corrected chi connectivity index (χ4v) is 1.26. The van der Waals surface area contributed by atoms with Gasteiger partial charge in [0.2, 0.25) is 0 Å². The molecule has 1 aromatic carbocycles. The molecule has 0 unspecified atom stereocenters. The van der Waals surface area contributed by atoms with Crippen molar-refractivity contribution in [2.75, 3.05) is 5.73 Å². The van der Waals surface area contributed by atoms with Gasteiger partial charge in [-0.3, -0.25) is 10.1 Å². The number of benzene rings is 1. The molecule has 0 atom stereocenters. The largest absolute Gasteiger partial charge is 0.393 e. The van der Waals surface area contributed by atoms with Crippen LogP contribution in [0.1, 0.15) is 25.3 Å². The van der Waals surface area contributed by atoms with Crippen molar-refractivity contribution in [3.05, 3.63) is 33.9 Å². The molecule has 13 heavy (non-hydrogen) atoms. The molecular weight excluding hydrogens is 168 g/mol. The summed E-state index contributed by atoms with van der Waals surface area (Å²) in [5.41, 5.74) is 6.48. The SMILES string of the molecule is CC(C)c1cccc(N)c1[N+](=O)[O-]. The first-order valence-corrected chi connectivity index (χ1v) is 4.06. The Morgan fingerprint density at radius 3 is 2.46 bits per heavy atom. The van der Waals surface area contributed by atoms with Crippen molar-refractivity contribution >= 4 is 11.4 Å². The maximum Gasteiger partial charge on any atom is 0.295 e. The van der Waals surface area contributed by atoms with Crippen LogP contribution in [0.25, 0.3) is 0 Å². The van der Waals surface area contributed by atoms with E-state index in [-0.39, 0.29) is 17.3 Å². The summed E-state index contributed by atoms with van der Waals surface area (Å²) in [5.74, 6) is 0.115. The lowest BCUT2D eigenvalue weighted by molar-refractivity contribution is -0.384. The van der Waals surface area contributed by atoms with Crippen LogP contribution in [0.3, 0.4) is 0 Å². The van der Waals surface area contributed by atoms with Gasteiger partial charge < -0.3 is 5.73 Å². The number of hydrogen-bond acceptors (Lipinski definition) is 3. The quantitative estimate of drug-likeness (QED) is 0.431. The topological polar surface area (TPSA) is 69.2 Å². The van der Waals surface area contributed by atoms with Crippen LogP contribution in [-0.4, -0.2) is 4.92 Å². The molecule has 0 spiro atoms. The molecule has 1 rings (SSSR count). The Labute approximate surface area is 76.5 Å². The number of hydrogen-bond donors (Lipinski definition) is 1. The number of nitrogens with zero attached hydrogens (tertiary/aromatic N) is 1. The minimum absolute atomic E-state index is 0.0394. The minimum Gasteiger partial charge on any atom is -0.393 e. The highest BCUT2D eigenvalue weighted by molar-refractivity contribution is 5.63. The Morgan fingerprint density at radius 1 is 1.46 bits per heavy atom. The summed E-state index contributed by atoms with van der Waals surface area (Å²) < 4.78 is 0. The molecule has 0 aliphatic rings. The maximum atomic E-state index is 10.7. The summed E-state index contributed by atoms with van der Waals surface area (Å²) in [5, 5.41) is 10.7. The average Bonchev–Trinajstić information content (AvgIpc) is 2.02. The molecule has 70 valence electrons. The van der Waals surface area contributed by atoms with Crippen molar-refractivity contribution in [3.63, 3.8) is 0 Å². The number of nitrogen functional groups attached to an aromatic ring is 1. The van der Waals surface area contributed by atoms with Gasteiger partial charge in [-0.25, -0.2) is 0 Å². The molecule has 4 nitrogen and oxygen atoms in total. The first kappa shape index (κ1) is 9.51. The van der Waals surface area contributed by atoms with E-state index in [1.807, 2.05) is 13.8 Å². The molecule has 1 aromatic rings. The van der Waals surface area contributed by atoms with Gasteiger partial charge in [-0.15, -0.1) is 0 Å². The van der Waals surface area contributed by atoms with Gasteiger partial charge in [0.15, 0.2) is 0 Å². The zero-order chi connectivity index (χ0) is 10.0. The number of para-hydroxylation sites is 1. The summed E-state index contributed by atoms with van der Waals surface area (Å²) >= 11 is 0. The van der Waals surface area contributed by atoms with E-state index in [1.165, 1.54) is 0 Å². The molecule has 0 aliphatic carbocycles. The number of nitrogens with two attached hydrogens (primary N) is 1. The second-order valence-corrected chi connectivity index (χ2v) is 3.20. The molecule has 0 bridgehead atoms. The summed E-state index contributed by atoms with van der Waals surface area (Å²) in [4.78, 5) is 10.2. The third-order valence-electron chi connectivity index (χ3n) is 1.90. The first-order chi connectivity index (χ1) is 6.04. The number of rotatable bonds is 2. The van der Waals surface area contributed by atoms with Crippen LogP contribution in [0.4, 0.5) is 11.4 Å². The molecular formula is C9H12N2O2. The lowest BCUT2D eigenvalue weighted by Crippen LogP contribution is -2.01. The standard InChI is InChI=1S/C9H12N2O2/c1-6(2)7-4-3-5-8(10)9(7)11(12)13/h3-6H,10H2,1-2H3. The number of nitro benzene ring substituents is 1. The van der Waals surface area contributed by atoms with Crippen LogP contribution in [0.15, 0.2) is 18.2 Å². The van der Waals surface area contributed by atoms with Crippen molar-refractivity contribution < 1.29 is 4.92 Å². The smallest absolute Gasteiger partial charge is 0.295 e. The highest BCUT2D eigenvalue weighted by Gasteiger charge is 2.18. The van der Waals surface area contributed by atoms with Crippen LogP contribution >= 0.6 is 0 Å². The third kappa shape index (κ3) is 1.77. The van der Waals surface area contributed by atoms with Crippen LogP contribution < -0.4 is 5.73 Å². The summed E-state index contributed by atoms with van der Waals surface area (Å²) in [6.45, 7) is 3.81. The molecule has 0 amide bonds. The molecule has 0 saturated heterocycles. The van der Waals surface area contributed by atoms with E-state index < -0.39 is 4.92 Å². The normalized spacial score (nSPS) is 10.4. The van der Waals surface area contributed by atoms with Crippen molar-refractivity contribution in [1.82, 2.24) is 0 Å². The molecule has 0 aliphatic heterocycles. The van der Waals surface area contributed by atoms with Crippen LogP contribution in [0, 0.1) is 10.1 Å². The van der Waals surface area contributed by atoms with Crippen LogP contribution in [-0.2, 0) is 0 Å². The molecule has 2 N–H and O–H groups in total. The summed E-state index contributed by atoms with van der Waals surface area (Å²) in [7, 11) is 0. The highest BCUT2D eigenvalue weighted by atomic mass is 16.6. The van der Waals surface area contributed by atoms with Crippen LogP contribution in [0.5, 0.6) is 0 Å². The Balaban J connectivity index is 3.34. The maximum absolute atomic E-state index is 10.7. The van der Waals surface area contributed by atoms with Crippen LogP contribution in [0.2, 0.25) is 0 Å². The molecule has 4 heteroatoms. The van der Waals surface area contributed by atoms with Gasteiger partial charge in [0.1, 0.15) is 5.69 Å². The molecule has 0 fully saturated rings. The second kappa shape index (κ2) is 3.43. The van der Waals surface area contributed by atoms with E-state index in [0.717, 1.165) is 0 Å². The molecule has 0 radical (unpaired) electrons. The fourth-order valence-electron chi connectivity index (χ4n) is 1.26. The van der Waals surface area contributed by atoms with E-state index in [9.17, 15) is 10.1 Å². The zero-order valence-electron chi connectivity index (χ0n) is 7.65. The van der Waals surface area contributed by atoms with Crippen molar-refractivity contribution in [1.29, 1.82) is 0 Å². The zero-order valence-corrected chi connectivity index (χ0v) is 7.65. The Bertz CT molecular complexity index is 334. The first-order valence-electron chi connectivity index (χ1n) is 4.06. The van der Waals surface area contributed by atoms with Gasteiger partial charge in [-0.1, -0.05) is 26.0 Å². The van der Waals surface area contributed by atoms with Gasteiger partial charge in [-0.2, -0.15) is 0 Å². The van der Waals surface area contributed by atoms with Gasteiger partial charge in [0.05, 0.1) is 4.92 Å². The third-order valence-corrected chi connectivity index (χ3v) is 1.90. The number of anilines is 1. The van der Waals surface area contributed by atoms with Crippen molar-refractivity contribution in [2.24, 2.45) is 0 Å². The lowest BCUT2D eigenvalue weighted by atomic mass is 10.0. The van der Waals surface area contributed by atoms with Gasteiger partial charge in [0.25, 0.3) is 5.69 Å². The Kier molecular flexibility index (Phi) is 2.51. The minimum atomic E-state index is -0.426. The van der Waals surface area contributed by atoms with E-state index in [4.69, 9.17) is 5.73 Å². The summed E-state index contributed by atoms with van der Waals surface area (Å²) in [6.07, 6.45) is 0. The van der Waals surface area contributed by atoms with Crippen molar-refractivity contribution in [2.45, 2.75) is 19.8 Å². The number of nitro groups is 1. The fraction of sp³-hybridized carbons (Fsp3) is 0.333. The molecule has 0 aromatic heterocycles. The van der Waals surface area contributed by atoms with E-state index in [1.54, 1.807) is 18.2 Å². The molecule has 0 saturated carbocycles. The predicted molar refractivity (Wildman–Crippen MR) is 51.6 cm³/mol. The van der Waals surface area contributed by atoms with Crippen molar-refractivity contribution in [3.8, 4) is 0 Å². The average molecular weight is 180 g/mol. The summed E-state index contributed by atoms with van der Waals surface area (Å²) in [6, 6.07) is 5.01. The molecule has 0 heterocycles. The van der Waals surface area contributed by atoms with Gasteiger partial charge in [0, 0.05) is 5.56 Å². The predicted octanol–water partition coefficient (Wildman–Crippen LogP) is 2.30. The highest BCUT2D eigenvalue weighted by Crippen LogP contribution is 2.30. The Hall–Kier alpha value is -1.58. The van der Waals surface area contributed by atoms with E-state index in [0.29, 0.717) is 5.56 Å². The lowest BCUT2D eigenvalue weighted by Gasteiger charge is -2.07. The monoisotopic (exact) mass is 180 g/mol. The second-order valence-electron chi connectivity index (χ2n) is 3.20. The van der Waals surface area contributed by atoms with E-state index in [2.05, 4.69) is 0 Å². The van der Waals surface area contributed by atoms with E-state index >= 15 is 0 Å².